The summed E-state index contributed by atoms with van der Waals surface area (Å²) in [7, 11) is 2.11. The number of benzene rings is 1. The van der Waals surface area contributed by atoms with Crippen LogP contribution in [0.2, 0.25) is 0 Å². The second-order valence-electron chi connectivity index (χ2n) is 11.8. The Bertz CT molecular complexity index is 1490. The van der Waals surface area contributed by atoms with Gasteiger partial charge in [0.15, 0.2) is 5.83 Å². The molecule has 2 atom stereocenters. The van der Waals surface area contributed by atoms with Crippen molar-refractivity contribution in [3.05, 3.63) is 59.1 Å². The molecule has 6 rings (SSSR count). The number of aromatic nitrogens is 2. The van der Waals surface area contributed by atoms with Gasteiger partial charge in [0.05, 0.1) is 30.8 Å². The molecular formula is C32H37ClFN7O2. The molecule has 43 heavy (non-hydrogen) atoms. The van der Waals surface area contributed by atoms with Crippen molar-refractivity contribution in [2.75, 3.05) is 56.2 Å². The number of amides is 1. The third-order valence-corrected chi connectivity index (χ3v) is 9.49. The largest absolute Gasteiger partial charge is 0.462 e. The van der Waals surface area contributed by atoms with Gasteiger partial charge >= 0.3 is 6.01 Å². The van der Waals surface area contributed by atoms with Crippen LogP contribution in [-0.2, 0) is 24.2 Å². The Labute approximate surface area is 257 Å². The maximum Gasteiger partial charge on any atom is 0.318 e. The molecule has 2 aromatic rings. The molecule has 9 nitrogen and oxygen atoms in total. The van der Waals surface area contributed by atoms with Crippen LogP contribution in [-0.4, -0.2) is 84.1 Å². The van der Waals surface area contributed by atoms with Crippen LogP contribution in [0.3, 0.4) is 0 Å². The lowest BCUT2D eigenvalue weighted by Gasteiger charge is -2.42. The van der Waals surface area contributed by atoms with E-state index in [-0.39, 0.29) is 13.0 Å². The molecule has 2 fully saturated rings. The first-order valence-electron chi connectivity index (χ1n) is 15.1. The molecule has 0 radical (unpaired) electrons. The summed E-state index contributed by atoms with van der Waals surface area (Å²) in [6, 6.07) is 8.70. The van der Waals surface area contributed by atoms with E-state index in [1.165, 1.54) is 10.5 Å². The number of carbonyl (C=O) groups excluding carboxylic acids is 1. The monoisotopic (exact) mass is 605 g/mol. The highest BCUT2D eigenvalue weighted by Crippen LogP contribution is 2.39. The SMILES string of the molecule is C=C(F)C(=O)N1CCN(c2nc(OC[C@@H]3CCCN3C)nc3c2CCN(c2cccc4c2C(Cl)=CCC4)C3)C[C@@H]1CC#N. The van der Waals surface area contributed by atoms with Gasteiger partial charge in [-0.2, -0.15) is 15.2 Å². The molecule has 0 unspecified atom stereocenters. The number of rotatable bonds is 7. The van der Waals surface area contributed by atoms with Crippen molar-refractivity contribution in [2.45, 2.75) is 57.2 Å². The molecule has 0 spiro atoms. The lowest BCUT2D eigenvalue weighted by Crippen LogP contribution is -2.55. The van der Waals surface area contributed by atoms with Crippen LogP contribution in [0.4, 0.5) is 15.9 Å². The summed E-state index contributed by atoms with van der Waals surface area (Å²) in [4.78, 5) is 30.5. The van der Waals surface area contributed by atoms with Gasteiger partial charge in [-0.1, -0.05) is 36.4 Å². The van der Waals surface area contributed by atoms with E-state index >= 15 is 0 Å². The highest BCUT2D eigenvalue weighted by Gasteiger charge is 2.35. The summed E-state index contributed by atoms with van der Waals surface area (Å²) in [5.41, 5.74) is 5.40. The first-order chi connectivity index (χ1) is 20.8. The molecule has 1 aliphatic carbocycles. The van der Waals surface area contributed by atoms with Crippen molar-refractivity contribution in [3.8, 4) is 12.1 Å². The number of nitriles is 1. The standard InChI is InChI=1S/C32H37ClFN7O2/c1-21(34)31(42)41-17-16-40(18-23(41)11-13-35)30-25-12-15-39(28-10-4-7-22-6-3-9-26(33)29(22)28)19-27(25)36-32(37-30)43-20-24-8-5-14-38(24)2/h4,7,9-10,23-24H,1,3,5-6,8,11-12,14-20H2,2H3/t23-,24-/m0/s1. The zero-order valence-electron chi connectivity index (χ0n) is 24.6. The zero-order valence-corrected chi connectivity index (χ0v) is 25.3. The molecule has 11 heteroatoms. The normalized spacial score (nSPS) is 22.0. The number of fused-ring (bicyclic) bond motifs is 2. The Morgan fingerprint density at radius 2 is 2.05 bits per heavy atom. The van der Waals surface area contributed by atoms with E-state index in [0.717, 1.165) is 72.1 Å². The molecule has 226 valence electrons. The Morgan fingerprint density at radius 1 is 1.19 bits per heavy atom. The minimum atomic E-state index is -1.01. The van der Waals surface area contributed by atoms with E-state index in [2.05, 4.69) is 58.7 Å². The molecular weight excluding hydrogens is 569 g/mol. The summed E-state index contributed by atoms with van der Waals surface area (Å²) in [6.07, 6.45) is 7.02. The first-order valence-corrected chi connectivity index (χ1v) is 15.4. The van der Waals surface area contributed by atoms with Gasteiger partial charge in [-0.3, -0.25) is 4.79 Å². The van der Waals surface area contributed by atoms with Crippen LogP contribution in [0.5, 0.6) is 6.01 Å². The van der Waals surface area contributed by atoms with Gasteiger partial charge in [-0.25, -0.2) is 4.39 Å². The lowest BCUT2D eigenvalue weighted by atomic mass is 9.94. The van der Waals surface area contributed by atoms with Gasteiger partial charge in [0.2, 0.25) is 0 Å². The van der Waals surface area contributed by atoms with Crippen LogP contribution >= 0.6 is 11.6 Å². The number of aryl methyl sites for hydroxylation is 1. The first kappa shape index (κ1) is 29.4. The Hall–Kier alpha value is -3.68. The fourth-order valence-corrected chi connectivity index (χ4v) is 7.15. The summed E-state index contributed by atoms with van der Waals surface area (Å²) < 4.78 is 20.1. The molecule has 1 amide bonds. The third kappa shape index (κ3) is 5.93. The van der Waals surface area contributed by atoms with Gasteiger partial charge in [-0.15, -0.1) is 0 Å². The summed E-state index contributed by atoms with van der Waals surface area (Å²) in [5.74, 6) is -1.01. The minimum Gasteiger partial charge on any atom is -0.462 e. The minimum absolute atomic E-state index is 0.0847. The quantitative estimate of drug-likeness (QED) is 0.428. The van der Waals surface area contributed by atoms with Gasteiger partial charge < -0.3 is 24.3 Å². The number of piperazine rings is 1. The molecule has 1 aromatic heterocycles. The smallest absolute Gasteiger partial charge is 0.318 e. The average molecular weight is 606 g/mol. The molecule has 1 aromatic carbocycles. The van der Waals surface area contributed by atoms with Crippen LogP contribution in [0, 0.1) is 11.3 Å². The maximum absolute atomic E-state index is 13.8. The van der Waals surface area contributed by atoms with Crippen LogP contribution in [0.1, 0.15) is 48.1 Å². The van der Waals surface area contributed by atoms with E-state index in [1.807, 2.05) is 0 Å². The molecule has 4 heterocycles. The average Bonchev–Trinajstić information content (AvgIpc) is 3.43. The fourth-order valence-electron chi connectivity index (χ4n) is 6.82. The Balaban J connectivity index is 1.32. The zero-order chi connectivity index (χ0) is 30.1. The van der Waals surface area contributed by atoms with Crippen molar-refractivity contribution < 1.29 is 13.9 Å². The van der Waals surface area contributed by atoms with Crippen molar-refractivity contribution in [3.63, 3.8) is 0 Å². The third-order valence-electron chi connectivity index (χ3n) is 9.15. The highest BCUT2D eigenvalue weighted by atomic mass is 35.5. The van der Waals surface area contributed by atoms with Crippen LogP contribution < -0.4 is 14.5 Å². The number of ether oxygens (including phenoxy) is 1. The van der Waals surface area contributed by atoms with E-state index in [0.29, 0.717) is 44.7 Å². The second-order valence-corrected chi connectivity index (χ2v) is 12.2. The fraction of sp³-hybridized carbons (Fsp3) is 0.500. The highest BCUT2D eigenvalue weighted by molar-refractivity contribution is 6.49. The van der Waals surface area contributed by atoms with Crippen molar-refractivity contribution in [1.82, 2.24) is 19.8 Å². The molecule has 0 bridgehead atoms. The Morgan fingerprint density at radius 3 is 2.81 bits per heavy atom. The van der Waals surface area contributed by atoms with Crippen molar-refractivity contribution in [1.29, 1.82) is 5.26 Å². The van der Waals surface area contributed by atoms with Gasteiger partial charge in [0.25, 0.3) is 5.91 Å². The van der Waals surface area contributed by atoms with Gasteiger partial charge in [0, 0.05) is 54.1 Å². The van der Waals surface area contributed by atoms with Crippen molar-refractivity contribution in [2.24, 2.45) is 0 Å². The molecule has 4 aliphatic rings. The number of allylic oxidation sites excluding steroid dienone is 1. The predicted molar refractivity (Wildman–Crippen MR) is 165 cm³/mol. The second kappa shape index (κ2) is 12.5. The molecule has 0 N–H and O–H groups in total. The number of carbonyl (C=O) groups is 1. The number of hydrogen-bond donors (Lipinski definition) is 0. The van der Waals surface area contributed by atoms with Crippen LogP contribution in [0.25, 0.3) is 5.03 Å². The number of anilines is 2. The number of hydrogen-bond acceptors (Lipinski definition) is 8. The number of likely N-dealkylation sites (N-methyl/N-ethyl adjacent to an activating group) is 1. The molecule has 0 saturated carbocycles. The van der Waals surface area contributed by atoms with E-state index < -0.39 is 17.8 Å². The van der Waals surface area contributed by atoms with Crippen molar-refractivity contribution >= 4 is 34.0 Å². The molecule has 3 aliphatic heterocycles. The molecule has 2 saturated heterocycles. The number of nitrogens with zero attached hydrogens (tertiary/aromatic N) is 7. The predicted octanol–water partition coefficient (Wildman–Crippen LogP) is 4.45. The van der Waals surface area contributed by atoms with E-state index in [9.17, 15) is 14.4 Å². The van der Waals surface area contributed by atoms with E-state index in [1.54, 1.807) is 0 Å². The van der Waals surface area contributed by atoms with E-state index in [4.69, 9.17) is 26.3 Å². The Kier molecular flexibility index (Phi) is 8.55. The number of likely N-dealkylation sites (tertiary alicyclic amines) is 1. The topological polar surface area (TPSA) is 88.8 Å². The van der Waals surface area contributed by atoms with Crippen LogP contribution in [0.15, 0.2) is 36.7 Å². The summed E-state index contributed by atoms with van der Waals surface area (Å²) in [5, 5.41) is 10.3. The number of halogens is 2. The summed E-state index contributed by atoms with van der Waals surface area (Å²) >= 11 is 6.73. The van der Waals surface area contributed by atoms with Gasteiger partial charge in [-0.05, 0) is 57.3 Å². The maximum atomic E-state index is 13.8. The lowest BCUT2D eigenvalue weighted by molar-refractivity contribution is -0.131. The summed E-state index contributed by atoms with van der Waals surface area (Å²) in [6.45, 7) is 7.15. The van der Waals surface area contributed by atoms with Gasteiger partial charge in [0.1, 0.15) is 12.4 Å².